The quantitative estimate of drug-likeness (QED) is 0.376. The maximum atomic E-state index is 14.9. The third-order valence-corrected chi connectivity index (χ3v) is 8.70. The van der Waals surface area contributed by atoms with Crippen LogP contribution in [0.15, 0.2) is 47.4 Å². The molecule has 2 aromatic rings. The summed E-state index contributed by atoms with van der Waals surface area (Å²) in [5.74, 6) is -1.05. The van der Waals surface area contributed by atoms with Crippen molar-refractivity contribution in [1.82, 2.24) is 9.55 Å². The van der Waals surface area contributed by atoms with Gasteiger partial charge in [0.05, 0.1) is 30.5 Å². The van der Waals surface area contributed by atoms with Crippen LogP contribution in [0.5, 0.6) is 5.75 Å². The molecule has 1 aromatic carbocycles. The second-order valence-corrected chi connectivity index (χ2v) is 11.3. The van der Waals surface area contributed by atoms with E-state index in [1.54, 1.807) is 57.2 Å². The van der Waals surface area contributed by atoms with E-state index in [0.717, 1.165) is 16.3 Å². The van der Waals surface area contributed by atoms with Crippen LogP contribution in [0.3, 0.4) is 0 Å². The lowest BCUT2D eigenvalue weighted by Crippen LogP contribution is -2.33. The molecule has 1 fully saturated rings. The van der Waals surface area contributed by atoms with E-state index >= 15 is 0 Å². The highest BCUT2D eigenvalue weighted by atomic mass is 32.2. The Morgan fingerprint density at radius 3 is 2.68 bits per heavy atom. The number of thioether (sulfide) groups is 1. The van der Waals surface area contributed by atoms with E-state index in [9.17, 15) is 23.7 Å². The van der Waals surface area contributed by atoms with Gasteiger partial charge >= 0.3 is 19.3 Å². The molecule has 1 N–H and O–H groups in total. The fourth-order valence-electron chi connectivity index (χ4n) is 3.40. The molecule has 12 heteroatoms. The van der Waals surface area contributed by atoms with Crippen LogP contribution in [0, 0.1) is 12.8 Å². The summed E-state index contributed by atoms with van der Waals surface area (Å²) in [4.78, 5) is 28.1. The van der Waals surface area contributed by atoms with Gasteiger partial charge in [0.1, 0.15) is 17.2 Å². The van der Waals surface area contributed by atoms with E-state index < -0.39 is 48.1 Å². The molecule has 1 saturated heterocycles. The topological polar surface area (TPSA) is 117 Å². The molecule has 1 aliphatic heterocycles. The van der Waals surface area contributed by atoms with Gasteiger partial charge in [-0.25, -0.2) is 13.8 Å². The summed E-state index contributed by atoms with van der Waals surface area (Å²) in [5, 5.41) is 8.59. The number of aliphatic hydroxyl groups is 1. The van der Waals surface area contributed by atoms with Crippen LogP contribution in [0.25, 0.3) is 0 Å². The predicted molar refractivity (Wildman–Crippen MR) is 126 cm³/mol. The first-order valence-corrected chi connectivity index (χ1v) is 13.5. The normalized spacial score (nSPS) is 24.9. The van der Waals surface area contributed by atoms with Crippen molar-refractivity contribution in [2.45, 2.75) is 43.7 Å². The number of rotatable bonds is 10. The summed E-state index contributed by atoms with van der Waals surface area (Å²) < 4.78 is 45.9. The average molecular weight is 515 g/mol. The molecular formula is C22H28FN2O7PS. The van der Waals surface area contributed by atoms with Gasteiger partial charge in [-0.15, -0.1) is 11.8 Å². The van der Waals surface area contributed by atoms with Crippen LogP contribution >= 0.6 is 19.4 Å². The summed E-state index contributed by atoms with van der Waals surface area (Å²) in [6.07, 6.45) is -2.09. The third kappa shape index (κ3) is 6.47. The van der Waals surface area contributed by atoms with Crippen molar-refractivity contribution < 1.29 is 32.6 Å². The molecule has 0 saturated carbocycles. The first kappa shape index (κ1) is 26.4. The molecule has 6 atom stereocenters. The van der Waals surface area contributed by atoms with Gasteiger partial charge < -0.3 is 14.4 Å². The minimum Gasteiger partial charge on any atom is -0.466 e. The zero-order valence-corrected chi connectivity index (χ0v) is 20.8. The molecule has 1 aromatic heterocycles. The van der Waals surface area contributed by atoms with Crippen LogP contribution < -0.4 is 10.2 Å². The van der Waals surface area contributed by atoms with E-state index in [1.807, 2.05) is 0 Å². The second kappa shape index (κ2) is 11.5. The Balaban J connectivity index is 1.75. The Kier molecular flexibility index (Phi) is 8.92. The maximum Gasteiger partial charge on any atom is 0.380 e. The van der Waals surface area contributed by atoms with Gasteiger partial charge in [-0.1, -0.05) is 25.1 Å². The number of benzene rings is 1. The number of carbonyl (C=O) groups is 1. The van der Waals surface area contributed by atoms with Crippen molar-refractivity contribution in [3.8, 4) is 5.75 Å². The van der Waals surface area contributed by atoms with E-state index in [4.69, 9.17) is 13.8 Å². The molecular weight excluding hydrogens is 486 g/mol. The van der Waals surface area contributed by atoms with Crippen molar-refractivity contribution in [3.63, 3.8) is 0 Å². The predicted octanol–water partition coefficient (Wildman–Crippen LogP) is 3.35. The van der Waals surface area contributed by atoms with Crippen molar-refractivity contribution in [2.75, 3.05) is 19.4 Å². The van der Waals surface area contributed by atoms with Crippen LogP contribution in [0.4, 0.5) is 4.39 Å². The number of aromatic nitrogens is 2. The van der Waals surface area contributed by atoms with Gasteiger partial charge in [0.2, 0.25) is 0 Å². The molecule has 9 nitrogen and oxygen atoms in total. The van der Waals surface area contributed by atoms with Crippen LogP contribution in [-0.4, -0.2) is 57.5 Å². The van der Waals surface area contributed by atoms with Crippen molar-refractivity contribution >= 4 is 25.3 Å². The Hall–Kier alpha value is -2.20. The third-order valence-electron chi connectivity index (χ3n) is 5.15. The molecule has 3 rings (SSSR count). The highest BCUT2D eigenvalue weighted by molar-refractivity contribution is 8.00. The first-order chi connectivity index (χ1) is 16.1. The molecule has 0 radical (unpaired) electrons. The zero-order valence-electron chi connectivity index (χ0n) is 19.1. The van der Waals surface area contributed by atoms with E-state index in [2.05, 4.69) is 4.98 Å². The minimum absolute atomic E-state index is 0.172. The Morgan fingerprint density at radius 2 is 2.03 bits per heavy atom. The highest BCUT2D eigenvalue weighted by Gasteiger charge is 2.46. The summed E-state index contributed by atoms with van der Waals surface area (Å²) in [7, 11) is -3.91. The van der Waals surface area contributed by atoms with Crippen LogP contribution in [0.1, 0.15) is 24.9 Å². The largest absolute Gasteiger partial charge is 0.466 e. The van der Waals surface area contributed by atoms with E-state index in [-0.39, 0.29) is 25.1 Å². The SMILES string of the molecule is CCOC(=O)[C@H](C)CP(=O)(OC[C@H]1S[C@@H](n2ccc(C)nc2=O)[C@@H](F)[C@@H]1O)Oc1ccccc1. The monoisotopic (exact) mass is 514 g/mol. The molecule has 186 valence electrons. The summed E-state index contributed by atoms with van der Waals surface area (Å²) in [6, 6.07) is 9.90. The Morgan fingerprint density at radius 1 is 1.32 bits per heavy atom. The van der Waals surface area contributed by atoms with Gasteiger partial charge in [-0.05, 0) is 32.0 Å². The van der Waals surface area contributed by atoms with Gasteiger partial charge in [-0.3, -0.25) is 13.9 Å². The van der Waals surface area contributed by atoms with Gasteiger partial charge in [0.15, 0.2) is 6.17 Å². The number of para-hydroxylation sites is 1. The number of esters is 1. The smallest absolute Gasteiger partial charge is 0.380 e. The van der Waals surface area contributed by atoms with Crippen molar-refractivity contribution in [1.29, 1.82) is 0 Å². The number of hydrogen-bond acceptors (Lipinski definition) is 9. The number of nitrogens with zero attached hydrogens (tertiary/aromatic N) is 2. The Bertz CT molecular complexity index is 1090. The van der Waals surface area contributed by atoms with E-state index in [1.165, 1.54) is 6.20 Å². The molecule has 1 aliphatic rings. The summed E-state index contributed by atoms with van der Waals surface area (Å²) in [5.41, 5.74) is -0.134. The lowest BCUT2D eigenvalue weighted by atomic mass is 10.1. The lowest BCUT2D eigenvalue weighted by Gasteiger charge is -2.24. The molecule has 0 bridgehead atoms. The molecule has 1 unspecified atom stereocenters. The fraction of sp³-hybridized carbons (Fsp3) is 0.500. The van der Waals surface area contributed by atoms with E-state index in [0.29, 0.717) is 5.69 Å². The second-order valence-electron chi connectivity index (χ2n) is 7.91. The van der Waals surface area contributed by atoms with Gasteiger partial charge in [0, 0.05) is 11.9 Å². The number of ether oxygens (including phenoxy) is 1. The number of halogens is 1. The minimum atomic E-state index is -3.91. The average Bonchev–Trinajstić information content (AvgIpc) is 3.07. The summed E-state index contributed by atoms with van der Waals surface area (Å²) >= 11 is 0.985. The first-order valence-electron chi connectivity index (χ1n) is 10.8. The van der Waals surface area contributed by atoms with Crippen LogP contribution in [0.2, 0.25) is 0 Å². The van der Waals surface area contributed by atoms with Crippen molar-refractivity contribution in [3.05, 3.63) is 58.8 Å². The van der Waals surface area contributed by atoms with Crippen LogP contribution in [-0.2, 0) is 18.6 Å². The summed E-state index contributed by atoms with van der Waals surface area (Å²) in [6.45, 7) is 4.71. The zero-order chi connectivity index (χ0) is 24.9. The Labute approximate surface area is 201 Å². The molecule has 0 aliphatic carbocycles. The highest BCUT2D eigenvalue weighted by Crippen LogP contribution is 2.52. The number of aryl methyl sites for hydroxylation is 1. The van der Waals surface area contributed by atoms with Gasteiger partial charge in [0.25, 0.3) is 0 Å². The lowest BCUT2D eigenvalue weighted by molar-refractivity contribution is -0.146. The number of aliphatic hydroxyl groups excluding tert-OH is 1. The fourth-order valence-corrected chi connectivity index (χ4v) is 6.80. The number of alkyl halides is 1. The molecule has 0 spiro atoms. The standard InChI is InChI=1S/C22H28FN2O7PS/c1-4-30-21(27)14(2)13-33(29,32-16-8-6-5-7-9-16)31-12-17-19(26)18(23)20(34-17)25-11-10-15(3)24-22(25)28/h5-11,14,17-20,26H,4,12-13H2,1-3H3/t14-,17-,18+,19-,20-,33?/m1/s1. The molecule has 0 amide bonds. The maximum absolute atomic E-state index is 14.9. The van der Waals surface area contributed by atoms with Crippen molar-refractivity contribution in [2.24, 2.45) is 5.92 Å². The number of hydrogen-bond donors (Lipinski definition) is 1. The number of carbonyl (C=O) groups excluding carboxylic acids is 1. The van der Waals surface area contributed by atoms with Gasteiger partial charge in [-0.2, -0.15) is 4.98 Å². The molecule has 2 heterocycles. The molecule has 34 heavy (non-hydrogen) atoms.